The Morgan fingerprint density at radius 2 is 1.70 bits per heavy atom. The van der Waals surface area contributed by atoms with Crippen LogP contribution < -0.4 is 4.43 Å². The summed E-state index contributed by atoms with van der Waals surface area (Å²) in [6.07, 6.45) is 5.98. The summed E-state index contributed by atoms with van der Waals surface area (Å²) < 4.78 is 6.43. The summed E-state index contributed by atoms with van der Waals surface area (Å²) in [4.78, 5) is 0. The van der Waals surface area contributed by atoms with Crippen molar-refractivity contribution >= 4 is 14.5 Å². The molecule has 1 heterocycles. The van der Waals surface area contributed by atoms with Crippen molar-refractivity contribution in [2.75, 3.05) is 0 Å². The molecule has 0 aromatic heterocycles. The second-order valence-corrected chi connectivity index (χ2v) is 13.3. The number of fused-ring (bicyclic) bond motifs is 1. The molecule has 0 N–H and O–H groups in total. The topological polar surface area (TPSA) is 24.8 Å². The van der Waals surface area contributed by atoms with Crippen molar-refractivity contribution in [3.63, 3.8) is 0 Å². The van der Waals surface area contributed by atoms with Gasteiger partial charge in [-0.2, -0.15) is 5.10 Å². The first-order valence-electron chi connectivity index (χ1n) is 9.56. The average Bonchev–Trinajstić information content (AvgIpc) is 2.61. The van der Waals surface area contributed by atoms with Crippen LogP contribution in [-0.2, 0) is 0 Å². The third kappa shape index (κ3) is 4.01. The maximum absolute atomic E-state index is 6.43. The molecule has 3 nitrogen and oxygen atoms in total. The Morgan fingerprint density at radius 3 is 2.33 bits per heavy atom. The molecule has 3 rings (SSSR count). The summed E-state index contributed by atoms with van der Waals surface area (Å²) in [6, 6.07) is 17.1. The van der Waals surface area contributed by atoms with E-state index in [1.807, 2.05) is 30.4 Å². The maximum Gasteiger partial charge on any atom is 0.250 e. The summed E-state index contributed by atoms with van der Waals surface area (Å²) >= 11 is 0. The minimum absolute atomic E-state index is 0.0734. The van der Waals surface area contributed by atoms with E-state index in [1.54, 1.807) is 0 Å². The third-order valence-electron chi connectivity index (χ3n) is 5.56. The molecule has 142 valence electrons. The zero-order valence-corrected chi connectivity index (χ0v) is 18.2. The van der Waals surface area contributed by atoms with E-state index < -0.39 is 8.32 Å². The van der Waals surface area contributed by atoms with Gasteiger partial charge in [-0.3, -0.25) is 5.01 Å². The maximum atomic E-state index is 6.43. The Morgan fingerprint density at radius 1 is 1.04 bits per heavy atom. The highest BCUT2D eigenvalue weighted by Crippen LogP contribution is 2.38. The number of benzene rings is 2. The van der Waals surface area contributed by atoms with Crippen molar-refractivity contribution in [2.45, 2.75) is 51.9 Å². The summed E-state index contributed by atoms with van der Waals surface area (Å²) in [5.41, 5.74) is 3.65. The number of hydrogen-bond donors (Lipinski definition) is 0. The first-order valence-corrected chi connectivity index (χ1v) is 12.5. The van der Waals surface area contributed by atoms with Crippen molar-refractivity contribution in [1.29, 1.82) is 0 Å². The normalized spacial score (nSPS) is 17.3. The molecule has 2 aromatic rings. The Kier molecular flexibility index (Phi) is 5.29. The van der Waals surface area contributed by atoms with Gasteiger partial charge in [-0.1, -0.05) is 63.2 Å². The zero-order valence-electron chi connectivity index (χ0n) is 17.2. The lowest BCUT2D eigenvalue weighted by molar-refractivity contribution is 0.329. The van der Waals surface area contributed by atoms with Crippen LogP contribution in [0.3, 0.4) is 0 Å². The van der Waals surface area contributed by atoms with Gasteiger partial charge in [0, 0.05) is 11.8 Å². The molecule has 2 aromatic carbocycles. The van der Waals surface area contributed by atoms with Crippen molar-refractivity contribution in [1.82, 2.24) is 5.01 Å². The Balaban J connectivity index is 1.92. The quantitative estimate of drug-likeness (QED) is 0.580. The monoisotopic (exact) mass is 378 g/mol. The molecule has 27 heavy (non-hydrogen) atoms. The van der Waals surface area contributed by atoms with E-state index in [9.17, 15) is 0 Å². The van der Waals surface area contributed by atoms with Crippen LogP contribution in [-0.4, -0.2) is 19.5 Å². The lowest BCUT2D eigenvalue weighted by Crippen LogP contribution is -2.43. The molecule has 1 aliphatic rings. The standard InChI is InChI=1S/C23H30N2OSi/c1-7-16-25-22(21-11-9-8-10-19(21)17-24-25)18-12-14-20(15-13-18)26-27(5,6)23(2,3)4/h7-17,22H,1-6H3. The molecule has 0 amide bonds. The third-order valence-corrected chi connectivity index (χ3v) is 9.92. The average molecular weight is 379 g/mol. The lowest BCUT2D eigenvalue weighted by Gasteiger charge is -2.36. The fourth-order valence-corrected chi connectivity index (χ4v) is 4.02. The van der Waals surface area contributed by atoms with Crippen molar-refractivity contribution in [3.8, 4) is 5.75 Å². The van der Waals surface area contributed by atoms with Gasteiger partial charge in [0.05, 0.1) is 6.21 Å². The minimum Gasteiger partial charge on any atom is -0.544 e. The molecule has 4 heteroatoms. The summed E-state index contributed by atoms with van der Waals surface area (Å²) in [7, 11) is -1.83. The van der Waals surface area contributed by atoms with Gasteiger partial charge in [0.15, 0.2) is 0 Å². The molecule has 1 aliphatic heterocycles. The fourth-order valence-electron chi connectivity index (χ4n) is 2.99. The van der Waals surface area contributed by atoms with Crippen molar-refractivity contribution in [2.24, 2.45) is 5.10 Å². The van der Waals surface area contributed by atoms with Crippen LogP contribution in [0, 0.1) is 0 Å². The fraction of sp³-hybridized carbons (Fsp3) is 0.348. The Bertz CT molecular complexity index is 847. The van der Waals surface area contributed by atoms with Crippen LogP contribution in [0.5, 0.6) is 5.75 Å². The van der Waals surface area contributed by atoms with E-state index in [-0.39, 0.29) is 11.1 Å². The number of allylic oxidation sites excluding steroid dienone is 1. The van der Waals surface area contributed by atoms with E-state index >= 15 is 0 Å². The molecule has 0 bridgehead atoms. The van der Waals surface area contributed by atoms with Crippen molar-refractivity contribution in [3.05, 3.63) is 77.5 Å². The first-order chi connectivity index (χ1) is 12.7. The van der Waals surface area contributed by atoms with Gasteiger partial charge in [0.1, 0.15) is 11.8 Å². The number of nitrogens with zero attached hydrogens (tertiary/aromatic N) is 2. The highest BCUT2D eigenvalue weighted by atomic mass is 28.4. The highest BCUT2D eigenvalue weighted by molar-refractivity contribution is 6.74. The molecule has 0 radical (unpaired) electrons. The lowest BCUT2D eigenvalue weighted by atomic mass is 9.93. The van der Waals surface area contributed by atoms with Gasteiger partial charge in [0.25, 0.3) is 0 Å². The van der Waals surface area contributed by atoms with Gasteiger partial charge >= 0.3 is 0 Å². The molecule has 0 spiro atoms. The van der Waals surface area contributed by atoms with Gasteiger partial charge in [-0.05, 0) is 48.3 Å². The Labute approximate surface area is 164 Å². The molecule has 0 fully saturated rings. The predicted octanol–water partition coefficient (Wildman–Crippen LogP) is 6.34. The molecule has 0 saturated carbocycles. The van der Waals surface area contributed by atoms with Crippen LogP contribution in [0.1, 0.15) is 50.4 Å². The largest absolute Gasteiger partial charge is 0.544 e. The van der Waals surface area contributed by atoms with E-state index in [2.05, 4.69) is 87.5 Å². The van der Waals surface area contributed by atoms with Gasteiger partial charge < -0.3 is 4.43 Å². The van der Waals surface area contributed by atoms with E-state index in [1.165, 1.54) is 16.7 Å². The van der Waals surface area contributed by atoms with Crippen LogP contribution >= 0.6 is 0 Å². The van der Waals surface area contributed by atoms with E-state index in [4.69, 9.17) is 4.43 Å². The summed E-state index contributed by atoms with van der Waals surface area (Å²) in [5.74, 6) is 0.954. The Hall–Kier alpha value is -2.33. The predicted molar refractivity (Wildman–Crippen MR) is 117 cm³/mol. The highest BCUT2D eigenvalue weighted by Gasteiger charge is 2.39. The summed E-state index contributed by atoms with van der Waals surface area (Å²) in [6.45, 7) is 13.4. The van der Waals surface area contributed by atoms with Gasteiger partial charge in [-0.25, -0.2) is 0 Å². The van der Waals surface area contributed by atoms with Gasteiger partial charge in [0.2, 0.25) is 8.32 Å². The first kappa shape index (κ1) is 19.4. The summed E-state index contributed by atoms with van der Waals surface area (Å²) in [5, 5.41) is 6.84. The zero-order chi connectivity index (χ0) is 19.7. The van der Waals surface area contributed by atoms with Crippen LogP contribution in [0.2, 0.25) is 18.1 Å². The SMILES string of the molecule is CC=CN1N=Cc2ccccc2C1c1ccc(O[Si](C)(C)C(C)(C)C)cc1. The van der Waals surface area contributed by atoms with Crippen LogP contribution in [0.4, 0.5) is 0 Å². The molecular weight excluding hydrogens is 348 g/mol. The van der Waals surface area contributed by atoms with Crippen LogP contribution in [0.25, 0.3) is 0 Å². The molecule has 0 aliphatic carbocycles. The second-order valence-electron chi connectivity index (χ2n) is 8.57. The van der Waals surface area contributed by atoms with E-state index in [0.29, 0.717) is 0 Å². The second kappa shape index (κ2) is 7.35. The smallest absolute Gasteiger partial charge is 0.250 e. The molecule has 1 atom stereocenters. The molecule has 1 unspecified atom stereocenters. The molecule has 0 saturated heterocycles. The minimum atomic E-state index is -1.83. The van der Waals surface area contributed by atoms with E-state index in [0.717, 1.165) is 5.75 Å². The number of hydrogen-bond acceptors (Lipinski definition) is 3. The van der Waals surface area contributed by atoms with Gasteiger partial charge in [-0.15, -0.1) is 0 Å². The number of hydrazone groups is 1. The number of rotatable bonds is 4. The van der Waals surface area contributed by atoms with Crippen molar-refractivity contribution < 1.29 is 4.43 Å². The van der Waals surface area contributed by atoms with Crippen LogP contribution in [0.15, 0.2) is 65.9 Å². The molecular formula is C23H30N2OSi.